The number of benzene rings is 1. The van der Waals surface area contributed by atoms with Crippen LogP contribution in [0.3, 0.4) is 0 Å². The van der Waals surface area contributed by atoms with E-state index in [4.69, 9.17) is 0 Å². The molecular formula is C10H7BrF2N4O. The van der Waals surface area contributed by atoms with Crippen LogP contribution in [0.4, 0.5) is 14.5 Å². The molecule has 0 bridgehead atoms. The van der Waals surface area contributed by atoms with Crippen LogP contribution >= 0.6 is 15.9 Å². The number of halogens is 3. The quantitative estimate of drug-likeness (QED) is 0.836. The summed E-state index contributed by atoms with van der Waals surface area (Å²) in [6.45, 7) is 1.62. The number of carbonyl (C=O) groups is 1. The van der Waals surface area contributed by atoms with Gasteiger partial charge in [-0.25, -0.2) is 13.8 Å². The fourth-order valence-electron chi connectivity index (χ4n) is 1.24. The van der Waals surface area contributed by atoms with Crippen molar-refractivity contribution in [1.82, 2.24) is 15.2 Å². The number of hydrogen-bond acceptors (Lipinski definition) is 3. The van der Waals surface area contributed by atoms with E-state index in [9.17, 15) is 13.6 Å². The summed E-state index contributed by atoms with van der Waals surface area (Å²) in [6, 6.07) is 1.80. The molecule has 5 nitrogen and oxygen atoms in total. The Morgan fingerprint density at radius 3 is 2.72 bits per heavy atom. The van der Waals surface area contributed by atoms with Crippen LogP contribution < -0.4 is 5.32 Å². The number of rotatable bonds is 2. The number of carbonyl (C=O) groups excluding carboxylic acids is 1. The predicted molar refractivity (Wildman–Crippen MR) is 63.1 cm³/mol. The SMILES string of the molecule is Cc1nc(C(=O)Nc2cc(Br)c(F)cc2F)n[nH]1. The third kappa shape index (κ3) is 2.53. The lowest BCUT2D eigenvalue weighted by Gasteiger charge is -2.05. The number of hydrogen-bond donors (Lipinski definition) is 2. The van der Waals surface area contributed by atoms with Crippen LogP contribution in [0.5, 0.6) is 0 Å². The monoisotopic (exact) mass is 316 g/mol. The number of nitrogens with one attached hydrogen (secondary N) is 2. The van der Waals surface area contributed by atoms with Crippen LogP contribution in [0.2, 0.25) is 0 Å². The average molecular weight is 317 g/mol. The molecule has 0 aliphatic carbocycles. The summed E-state index contributed by atoms with van der Waals surface area (Å²) in [5.41, 5.74) is -0.157. The molecule has 0 aliphatic heterocycles. The van der Waals surface area contributed by atoms with Crippen molar-refractivity contribution in [2.45, 2.75) is 6.92 Å². The zero-order valence-corrected chi connectivity index (χ0v) is 10.7. The molecule has 1 heterocycles. The maximum atomic E-state index is 13.4. The van der Waals surface area contributed by atoms with Gasteiger partial charge in [0.1, 0.15) is 17.5 Å². The molecule has 0 saturated heterocycles. The topological polar surface area (TPSA) is 70.7 Å². The molecule has 0 atom stereocenters. The van der Waals surface area contributed by atoms with Crippen molar-refractivity contribution in [1.29, 1.82) is 0 Å². The van der Waals surface area contributed by atoms with Crippen LogP contribution in [0.15, 0.2) is 16.6 Å². The third-order valence-corrected chi connectivity index (χ3v) is 2.67. The molecule has 18 heavy (non-hydrogen) atoms. The second-order valence-electron chi connectivity index (χ2n) is 3.44. The van der Waals surface area contributed by atoms with Gasteiger partial charge in [-0.2, -0.15) is 0 Å². The Bertz CT molecular complexity index is 614. The predicted octanol–water partition coefficient (Wildman–Crippen LogP) is 2.41. The summed E-state index contributed by atoms with van der Waals surface area (Å²) in [7, 11) is 0. The van der Waals surface area contributed by atoms with Crippen LogP contribution in [-0.2, 0) is 0 Å². The first-order valence-corrected chi connectivity index (χ1v) is 5.61. The summed E-state index contributed by atoms with van der Waals surface area (Å²) in [4.78, 5) is 15.4. The van der Waals surface area contributed by atoms with Crippen molar-refractivity contribution in [3.05, 3.63) is 39.9 Å². The van der Waals surface area contributed by atoms with Crippen molar-refractivity contribution in [2.24, 2.45) is 0 Å². The lowest BCUT2D eigenvalue weighted by molar-refractivity contribution is 0.101. The third-order valence-electron chi connectivity index (χ3n) is 2.06. The molecular weight excluding hydrogens is 310 g/mol. The summed E-state index contributed by atoms with van der Waals surface area (Å²) < 4.78 is 26.4. The zero-order valence-electron chi connectivity index (χ0n) is 9.09. The van der Waals surface area contributed by atoms with E-state index >= 15 is 0 Å². The van der Waals surface area contributed by atoms with Gasteiger partial charge in [0.05, 0.1) is 10.2 Å². The van der Waals surface area contributed by atoms with Gasteiger partial charge in [0.15, 0.2) is 0 Å². The highest BCUT2D eigenvalue weighted by Crippen LogP contribution is 2.23. The molecule has 0 fully saturated rings. The van der Waals surface area contributed by atoms with Crippen molar-refractivity contribution < 1.29 is 13.6 Å². The number of nitrogens with zero attached hydrogens (tertiary/aromatic N) is 2. The van der Waals surface area contributed by atoms with Crippen LogP contribution in [0.1, 0.15) is 16.4 Å². The second-order valence-corrected chi connectivity index (χ2v) is 4.30. The molecule has 8 heteroatoms. The lowest BCUT2D eigenvalue weighted by Crippen LogP contribution is -2.15. The van der Waals surface area contributed by atoms with E-state index in [-0.39, 0.29) is 16.0 Å². The Hall–Kier alpha value is -1.83. The van der Waals surface area contributed by atoms with Gasteiger partial charge >= 0.3 is 0 Å². The Kier molecular flexibility index (Phi) is 3.37. The smallest absolute Gasteiger partial charge is 0.295 e. The largest absolute Gasteiger partial charge is 0.317 e. The highest BCUT2D eigenvalue weighted by molar-refractivity contribution is 9.10. The van der Waals surface area contributed by atoms with Gasteiger partial charge in [-0.05, 0) is 28.9 Å². The minimum atomic E-state index is -0.878. The Balaban J connectivity index is 2.24. The summed E-state index contributed by atoms with van der Waals surface area (Å²) in [5.74, 6) is -1.97. The van der Waals surface area contributed by atoms with E-state index in [2.05, 4.69) is 36.4 Å². The van der Waals surface area contributed by atoms with Gasteiger partial charge in [-0.15, -0.1) is 5.10 Å². The molecule has 0 spiro atoms. The molecule has 0 saturated carbocycles. The number of H-pyrrole nitrogens is 1. The normalized spacial score (nSPS) is 10.4. The molecule has 94 valence electrons. The lowest BCUT2D eigenvalue weighted by atomic mass is 10.3. The number of aromatic amines is 1. The Labute approximate surface area is 109 Å². The number of amides is 1. The molecule has 0 radical (unpaired) electrons. The highest BCUT2D eigenvalue weighted by atomic mass is 79.9. The van der Waals surface area contributed by atoms with Gasteiger partial charge in [-0.3, -0.25) is 9.89 Å². The molecule has 0 unspecified atom stereocenters. The first-order chi connectivity index (χ1) is 8.47. The van der Waals surface area contributed by atoms with Crippen molar-refractivity contribution >= 4 is 27.5 Å². The second kappa shape index (κ2) is 4.81. The van der Waals surface area contributed by atoms with Crippen molar-refractivity contribution in [3.8, 4) is 0 Å². The Morgan fingerprint density at radius 2 is 2.11 bits per heavy atom. The molecule has 1 aromatic carbocycles. The minimum Gasteiger partial charge on any atom is -0.317 e. The van der Waals surface area contributed by atoms with Gasteiger partial charge in [-0.1, -0.05) is 0 Å². The first kappa shape index (κ1) is 12.6. The van der Waals surface area contributed by atoms with E-state index in [1.165, 1.54) is 0 Å². The summed E-state index contributed by atoms with van der Waals surface area (Å²) >= 11 is 2.90. The maximum absolute atomic E-state index is 13.4. The van der Waals surface area contributed by atoms with Crippen LogP contribution in [0, 0.1) is 18.6 Å². The molecule has 1 aromatic heterocycles. The van der Waals surface area contributed by atoms with Crippen molar-refractivity contribution in [3.63, 3.8) is 0 Å². The number of aromatic nitrogens is 3. The van der Waals surface area contributed by atoms with Crippen molar-refractivity contribution in [2.75, 3.05) is 5.32 Å². The summed E-state index contributed by atoms with van der Waals surface area (Å²) in [6.07, 6.45) is 0. The van der Waals surface area contributed by atoms with Crippen LogP contribution in [-0.4, -0.2) is 21.1 Å². The van der Waals surface area contributed by atoms with Gasteiger partial charge in [0, 0.05) is 6.07 Å². The minimum absolute atomic E-state index is 0.0466. The first-order valence-electron chi connectivity index (χ1n) is 4.82. The van der Waals surface area contributed by atoms with Gasteiger partial charge < -0.3 is 5.32 Å². The van der Waals surface area contributed by atoms with E-state index in [0.29, 0.717) is 11.9 Å². The standard InChI is InChI=1S/C10H7BrF2N4O/c1-4-14-9(17-16-4)10(18)15-8-2-5(11)6(12)3-7(8)13/h2-3H,1H3,(H,15,18)(H,14,16,17). The molecule has 2 aromatic rings. The molecule has 2 rings (SSSR count). The maximum Gasteiger partial charge on any atom is 0.295 e. The highest BCUT2D eigenvalue weighted by Gasteiger charge is 2.15. The van der Waals surface area contributed by atoms with Crippen LogP contribution in [0.25, 0.3) is 0 Å². The van der Waals surface area contributed by atoms with E-state index in [1.807, 2.05) is 0 Å². The number of aryl methyl sites for hydroxylation is 1. The van der Waals surface area contributed by atoms with E-state index < -0.39 is 17.5 Å². The number of anilines is 1. The Morgan fingerprint density at radius 1 is 1.39 bits per heavy atom. The summed E-state index contributed by atoms with van der Waals surface area (Å²) in [5, 5.41) is 8.36. The fourth-order valence-corrected chi connectivity index (χ4v) is 1.58. The van der Waals surface area contributed by atoms with Gasteiger partial charge in [0.2, 0.25) is 5.82 Å². The van der Waals surface area contributed by atoms with E-state index in [1.54, 1.807) is 6.92 Å². The average Bonchev–Trinajstić information content (AvgIpc) is 2.73. The molecule has 2 N–H and O–H groups in total. The zero-order chi connectivity index (χ0) is 13.3. The van der Waals surface area contributed by atoms with E-state index in [0.717, 1.165) is 6.07 Å². The molecule has 0 aliphatic rings. The fraction of sp³-hybridized carbons (Fsp3) is 0.100. The van der Waals surface area contributed by atoms with Gasteiger partial charge in [0.25, 0.3) is 5.91 Å². The molecule has 1 amide bonds.